The minimum absolute atomic E-state index is 0.137. The number of carbonyl (C=O) groups is 1. The first-order valence-electron chi connectivity index (χ1n) is 8.10. The number of ketones is 1. The molecule has 4 nitrogen and oxygen atoms in total. The summed E-state index contributed by atoms with van der Waals surface area (Å²) < 4.78 is 28.5. The lowest BCUT2D eigenvalue weighted by atomic mass is 10.1. The number of carbonyl (C=O) groups excluding carboxylic acids is 1. The summed E-state index contributed by atoms with van der Waals surface area (Å²) >= 11 is 3.36. The van der Waals surface area contributed by atoms with Gasteiger partial charge in [0.2, 0.25) is 0 Å². The molecule has 0 radical (unpaired) electrons. The smallest absolute Gasteiger partial charge is 0.261 e. The van der Waals surface area contributed by atoms with E-state index < -0.39 is 10.0 Å². The molecule has 0 amide bonds. The van der Waals surface area contributed by atoms with E-state index in [1.165, 1.54) is 18.2 Å². The fourth-order valence-electron chi connectivity index (χ4n) is 2.43. The van der Waals surface area contributed by atoms with Crippen LogP contribution in [0.25, 0.3) is 6.08 Å². The van der Waals surface area contributed by atoms with Crippen LogP contribution in [0, 0.1) is 0 Å². The molecule has 3 rings (SSSR count). The summed E-state index contributed by atoms with van der Waals surface area (Å²) in [5.41, 5.74) is 1.39. The molecule has 6 heteroatoms. The van der Waals surface area contributed by atoms with Gasteiger partial charge >= 0.3 is 0 Å². The highest BCUT2D eigenvalue weighted by atomic mass is 79.9. The Labute approximate surface area is 166 Å². The largest absolute Gasteiger partial charge is 0.289 e. The van der Waals surface area contributed by atoms with Gasteiger partial charge in [0.15, 0.2) is 5.78 Å². The maximum Gasteiger partial charge on any atom is 0.261 e. The summed E-state index contributed by atoms with van der Waals surface area (Å²) in [6, 6.07) is 22.1. The van der Waals surface area contributed by atoms with E-state index in [9.17, 15) is 13.2 Å². The Hall–Kier alpha value is -2.70. The van der Waals surface area contributed by atoms with Gasteiger partial charge in [-0.2, -0.15) is 0 Å². The zero-order valence-electron chi connectivity index (χ0n) is 14.2. The molecule has 0 saturated heterocycles. The van der Waals surface area contributed by atoms with Crippen molar-refractivity contribution in [3.8, 4) is 0 Å². The van der Waals surface area contributed by atoms with E-state index >= 15 is 0 Å². The van der Waals surface area contributed by atoms with Crippen molar-refractivity contribution in [2.24, 2.45) is 0 Å². The van der Waals surface area contributed by atoms with Gasteiger partial charge in [0.05, 0.1) is 10.6 Å². The van der Waals surface area contributed by atoms with E-state index in [4.69, 9.17) is 0 Å². The quantitative estimate of drug-likeness (QED) is 0.425. The molecule has 3 aromatic carbocycles. The van der Waals surface area contributed by atoms with Crippen LogP contribution in [0.3, 0.4) is 0 Å². The predicted octanol–water partition coefficient (Wildman–Crippen LogP) is 5.15. The Kier molecular flexibility index (Phi) is 5.88. The lowest BCUT2D eigenvalue weighted by molar-refractivity contribution is 0.104. The van der Waals surface area contributed by atoms with Gasteiger partial charge in [-0.15, -0.1) is 0 Å². The van der Waals surface area contributed by atoms with Crippen molar-refractivity contribution in [3.63, 3.8) is 0 Å². The number of allylic oxidation sites excluding steroid dienone is 1. The highest BCUT2D eigenvalue weighted by Crippen LogP contribution is 2.21. The number of nitrogens with one attached hydrogen (secondary N) is 1. The van der Waals surface area contributed by atoms with Crippen LogP contribution >= 0.6 is 15.9 Å². The summed E-state index contributed by atoms with van der Waals surface area (Å²) in [4.78, 5) is 12.7. The normalized spacial score (nSPS) is 11.4. The van der Waals surface area contributed by atoms with Crippen molar-refractivity contribution in [2.75, 3.05) is 4.72 Å². The fourth-order valence-corrected chi connectivity index (χ4v) is 3.79. The number of sulfonamides is 1. The summed E-state index contributed by atoms with van der Waals surface area (Å²) in [6.07, 6.45) is 3.12. The maximum atomic E-state index is 12.6. The average molecular weight is 442 g/mol. The molecule has 0 saturated carbocycles. The molecule has 1 N–H and O–H groups in total. The molecule has 0 unspecified atom stereocenters. The van der Waals surface area contributed by atoms with Gasteiger partial charge in [-0.3, -0.25) is 9.52 Å². The third kappa shape index (κ3) is 4.93. The van der Waals surface area contributed by atoms with Crippen molar-refractivity contribution in [2.45, 2.75) is 4.90 Å². The molecule has 0 spiro atoms. The highest BCUT2D eigenvalue weighted by Gasteiger charge is 2.17. The van der Waals surface area contributed by atoms with Gasteiger partial charge in [0.1, 0.15) is 0 Å². The Balaban J connectivity index is 1.85. The van der Waals surface area contributed by atoms with Crippen LogP contribution in [0.2, 0.25) is 0 Å². The summed E-state index contributed by atoms with van der Waals surface area (Å²) in [5.74, 6) is -0.288. The molecule has 0 aliphatic rings. The standard InChI is InChI=1S/C21H16BrNO3S/c22-17-13-10-16(11-14-17)12-15-21(24)19-8-4-5-9-20(19)23-27(25,26)18-6-2-1-3-7-18/h1-15,23H/b15-12+. The summed E-state index contributed by atoms with van der Waals surface area (Å²) in [7, 11) is -3.77. The van der Waals surface area contributed by atoms with Crippen molar-refractivity contribution in [1.29, 1.82) is 0 Å². The number of rotatable bonds is 6. The molecular formula is C21H16BrNO3S. The molecule has 0 atom stereocenters. The second-order valence-corrected chi connectivity index (χ2v) is 8.31. The van der Waals surface area contributed by atoms with Crippen LogP contribution in [0.5, 0.6) is 0 Å². The topological polar surface area (TPSA) is 63.2 Å². The number of hydrogen-bond acceptors (Lipinski definition) is 3. The summed E-state index contributed by atoms with van der Waals surface area (Å²) in [5, 5.41) is 0. The number of halogens is 1. The molecule has 3 aromatic rings. The molecule has 0 fully saturated rings. The SMILES string of the molecule is O=C(/C=C/c1ccc(Br)cc1)c1ccccc1NS(=O)(=O)c1ccccc1. The molecule has 136 valence electrons. The number of benzene rings is 3. The molecule has 0 aliphatic heterocycles. The van der Waals surface area contributed by atoms with Crippen molar-refractivity contribution < 1.29 is 13.2 Å². The Morgan fingerprint density at radius 2 is 1.48 bits per heavy atom. The Morgan fingerprint density at radius 1 is 0.852 bits per heavy atom. The van der Waals surface area contributed by atoms with Crippen LogP contribution < -0.4 is 4.72 Å². The molecule has 0 aliphatic carbocycles. The molecular weight excluding hydrogens is 426 g/mol. The number of para-hydroxylation sites is 1. The molecule has 0 bridgehead atoms. The Bertz CT molecular complexity index is 1080. The molecule has 0 aromatic heterocycles. The van der Waals surface area contributed by atoms with Crippen molar-refractivity contribution in [1.82, 2.24) is 0 Å². The van der Waals surface area contributed by atoms with Gasteiger partial charge < -0.3 is 0 Å². The van der Waals surface area contributed by atoms with Crippen LogP contribution in [0.1, 0.15) is 15.9 Å². The van der Waals surface area contributed by atoms with E-state index in [1.807, 2.05) is 24.3 Å². The first kappa shape index (κ1) is 19.1. The van der Waals surface area contributed by atoms with Crippen LogP contribution in [0.15, 0.2) is 94.3 Å². The highest BCUT2D eigenvalue weighted by molar-refractivity contribution is 9.10. The van der Waals surface area contributed by atoms with Crippen molar-refractivity contribution in [3.05, 3.63) is 101 Å². The second-order valence-electron chi connectivity index (χ2n) is 5.71. The molecule has 27 heavy (non-hydrogen) atoms. The van der Waals surface area contributed by atoms with E-state index in [0.717, 1.165) is 10.0 Å². The summed E-state index contributed by atoms with van der Waals surface area (Å²) in [6.45, 7) is 0. The number of anilines is 1. The monoisotopic (exact) mass is 441 g/mol. The van der Waals surface area contributed by atoms with Gasteiger partial charge in [-0.25, -0.2) is 8.42 Å². The van der Waals surface area contributed by atoms with Gasteiger partial charge in [0, 0.05) is 10.0 Å². The van der Waals surface area contributed by atoms with Crippen LogP contribution in [-0.4, -0.2) is 14.2 Å². The van der Waals surface area contributed by atoms with Crippen molar-refractivity contribution >= 4 is 43.5 Å². The first-order chi connectivity index (χ1) is 13.0. The first-order valence-corrected chi connectivity index (χ1v) is 10.4. The maximum absolute atomic E-state index is 12.6. The average Bonchev–Trinajstić information content (AvgIpc) is 2.68. The van der Waals surface area contributed by atoms with Gasteiger partial charge in [-0.05, 0) is 48.0 Å². The predicted molar refractivity (Wildman–Crippen MR) is 111 cm³/mol. The van der Waals surface area contributed by atoms with E-state index in [0.29, 0.717) is 0 Å². The zero-order valence-corrected chi connectivity index (χ0v) is 16.6. The minimum Gasteiger partial charge on any atom is -0.289 e. The lowest BCUT2D eigenvalue weighted by Crippen LogP contribution is -2.15. The fraction of sp³-hybridized carbons (Fsp3) is 0. The lowest BCUT2D eigenvalue weighted by Gasteiger charge is -2.11. The van der Waals surface area contributed by atoms with E-state index in [-0.39, 0.29) is 21.9 Å². The third-order valence-corrected chi connectivity index (χ3v) is 5.70. The second kappa shape index (κ2) is 8.33. The van der Waals surface area contributed by atoms with Gasteiger partial charge in [-0.1, -0.05) is 64.5 Å². The van der Waals surface area contributed by atoms with Gasteiger partial charge in [0.25, 0.3) is 10.0 Å². The van der Waals surface area contributed by atoms with E-state index in [1.54, 1.807) is 48.5 Å². The zero-order chi connectivity index (χ0) is 19.3. The van der Waals surface area contributed by atoms with Crippen LogP contribution in [-0.2, 0) is 10.0 Å². The van der Waals surface area contributed by atoms with E-state index in [2.05, 4.69) is 20.7 Å². The Morgan fingerprint density at radius 3 is 2.19 bits per heavy atom. The minimum atomic E-state index is -3.77. The van der Waals surface area contributed by atoms with Crippen LogP contribution in [0.4, 0.5) is 5.69 Å². The number of hydrogen-bond donors (Lipinski definition) is 1. The third-order valence-electron chi connectivity index (χ3n) is 3.79. The molecule has 0 heterocycles.